The van der Waals surface area contributed by atoms with Gasteiger partial charge in [0, 0.05) is 31.7 Å². The lowest BCUT2D eigenvalue weighted by Crippen LogP contribution is -2.58. The van der Waals surface area contributed by atoms with Crippen molar-refractivity contribution in [3.8, 4) is 0 Å². The summed E-state index contributed by atoms with van der Waals surface area (Å²) in [4.78, 5) is 31.2. The molecule has 5 nitrogen and oxygen atoms in total. The van der Waals surface area contributed by atoms with Crippen LogP contribution in [0.25, 0.3) is 0 Å². The van der Waals surface area contributed by atoms with E-state index in [4.69, 9.17) is 0 Å². The molecule has 2 aromatic rings. The Morgan fingerprint density at radius 2 is 1.59 bits per heavy atom. The molecule has 2 fully saturated rings. The van der Waals surface area contributed by atoms with Crippen molar-refractivity contribution in [1.29, 1.82) is 0 Å². The van der Waals surface area contributed by atoms with E-state index in [1.807, 2.05) is 36.1 Å². The van der Waals surface area contributed by atoms with Crippen molar-refractivity contribution in [2.24, 2.45) is 5.92 Å². The fourth-order valence-electron chi connectivity index (χ4n) is 6.30. The molecule has 0 aromatic heterocycles. The summed E-state index contributed by atoms with van der Waals surface area (Å²) in [6.45, 7) is 4.86. The Hall–Kier alpha value is -2.66. The largest absolute Gasteiger partial charge is 0.348 e. The summed E-state index contributed by atoms with van der Waals surface area (Å²) in [6.07, 6.45) is 7.92. The standard InChI is InChI=1S/C29H37N3O2/c1-21-9-2-6-14-24(21)29(34)32-19-17-31(18-20-32)27(23-11-3-4-12-23)28(33)30-26-16-8-13-22-10-5-7-15-25(22)26/h2,5-7,9-10,14-15,23,26-27H,3-4,8,11-13,16-20H2,1H3,(H,30,33). The lowest BCUT2D eigenvalue weighted by atomic mass is 9.87. The fourth-order valence-corrected chi connectivity index (χ4v) is 6.30. The molecule has 180 valence electrons. The Bertz CT molecular complexity index is 1020. The van der Waals surface area contributed by atoms with Crippen LogP contribution in [0.5, 0.6) is 0 Å². The Morgan fingerprint density at radius 3 is 2.35 bits per heavy atom. The number of hydrogen-bond acceptors (Lipinski definition) is 3. The first-order chi connectivity index (χ1) is 16.6. The van der Waals surface area contributed by atoms with Crippen LogP contribution < -0.4 is 5.32 Å². The smallest absolute Gasteiger partial charge is 0.254 e. The van der Waals surface area contributed by atoms with Gasteiger partial charge in [-0.15, -0.1) is 0 Å². The maximum absolute atomic E-state index is 13.8. The Labute approximate surface area is 203 Å². The van der Waals surface area contributed by atoms with Gasteiger partial charge < -0.3 is 10.2 Å². The summed E-state index contributed by atoms with van der Waals surface area (Å²) < 4.78 is 0. The first-order valence-corrected chi connectivity index (χ1v) is 13.1. The SMILES string of the molecule is Cc1ccccc1C(=O)N1CCN(C(C(=O)NC2CCCc3ccccc32)C2CCCC2)CC1. The molecule has 2 aromatic carbocycles. The van der Waals surface area contributed by atoms with Crippen LogP contribution in [0.1, 0.15) is 71.6 Å². The number of carbonyl (C=O) groups is 2. The highest BCUT2D eigenvalue weighted by Gasteiger charge is 2.38. The van der Waals surface area contributed by atoms with Crippen molar-refractivity contribution in [2.75, 3.05) is 26.2 Å². The molecular formula is C29H37N3O2. The van der Waals surface area contributed by atoms with Crippen molar-refractivity contribution >= 4 is 11.8 Å². The van der Waals surface area contributed by atoms with Gasteiger partial charge in [-0.25, -0.2) is 0 Å². The van der Waals surface area contributed by atoms with E-state index in [9.17, 15) is 9.59 Å². The van der Waals surface area contributed by atoms with Crippen LogP contribution in [0, 0.1) is 12.8 Å². The molecule has 0 radical (unpaired) electrons. The molecule has 1 saturated heterocycles. The lowest BCUT2D eigenvalue weighted by Gasteiger charge is -2.41. The van der Waals surface area contributed by atoms with E-state index in [2.05, 4.69) is 34.5 Å². The monoisotopic (exact) mass is 459 g/mol. The number of amides is 2. The van der Waals surface area contributed by atoms with E-state index in [1.54, 1.807) is 0 Å². The Balaban J connectivity index is 1.27. The zero-order chi connectivity index (χ0) is 23.5. The van der Waals surface area contributed by atoms with E-state index in [0.29, 0.717) is 19.0 Å². The summed E-state index contributed by atoms with van der Waals surface area (Å²) in [5.41, 5.74) is 4.48. The van der Waals surface area contributed by atoms with Gasteiger partial charge in [0.2, 0.25) is 5.91 Å². The molecule has 1 aliphatic heterocycles. The first-order valence-electron chi connectivity index (χ1n) is 13.1. The second-order valence-corrected chi connectivity index (χ2v) is 10.3. The highest BCUT2D eigenvalue weighted by molar-refractivity contribution is 5.95. The van der Waals surface area contributed by atoms with Crippen molar-refractivity contribution in [2.45, 2.75) is 64.0 Å². The van der Waals surface area contributed by atoms with Crippen LogP contribution >= 0.6 is 0 Å². The third-order valence-corrected chi connectivity index (χ3v) is 8.17. The highest BCUT2D eigenvalue weighted by Crippen LogP contribution is 2.33. The van der Waals surface area contributed by atoms with Crippen molar-refractivity contribution in [1.82, 2.24) is 15.1 Å². The van der Waals surface area contributed by atoms with Gasteiger partial charge in [-0.05, 0) is 67.7 Å². The molecule has 1 saturated carbocycles. The van der Waals surface area contributed by atoms with Gasteiger partial charge in [-0.2, -0.15) is 0 Å². The Morgan fingerprint density at radius 1 is 0.882 bits per heavy atom. The second-order valence-electron chi connectivity index (χ2n) is 10.3. The average molecular weight is 460 g/mol. The van der Waals surface area contributed by atoms with Crippen molar-refractivity contribution in [3.63, 3.8) is 0 Å². The first kappa shape index (κ1) is 23.1. The lowest BCUT2D eigenvalue weighted by molar-refractivity contribution is -0.130. The van der Waals surface area contributed by atoms with E-state index in [-0.39, 0.29) is 23.9 Å². The fraction of sp³-hybridized carbons (Fsp3) is 0.517. The number of aryl methyl sites for hydroxylation is 2. The number of carbonyl (C=O) groups excluding carboxylic acids is 2. The minimum absolute atomic E-state index is 0.0905. The predicted octanol–water partition coefficient (Wildman–Crippen LogP) is 4.51. The molecule has 2 aliphatic carbocycles. The maximum atomic E-state index is 13.8. The summed E-state index contributed by atoms with van der Waals surface area (Å²) in [5.74, 6) is 0.711. The van der Waals surface area contributed by atoms with E-state index in [1.165, 1.54) is 24.0 Å². The van der Waals surface area contributed by atoms with Crippen molar-refractivity contribution in [3.05, 3.63) is 70.8 Å². The minimum atomic E-state index is -0.0905. The molecule has 1 heterocycles. The van der Waals surface area contributed by atoms with Gasteiger partial charge in [-0.1, -0.05) is 55.3 Å². The number of rotatable bonds is 5. The topological polar surface area (TPSA) is 52.7 Å². The quantitative estimate of drug-likeness (QED) is 0.716. The van der Waals surface area contributed by atoms with E-state index >= 15 is 0 Å². The summed E-state index contributed by atoms with van der Waals surface area (Å²) in [6, 6.07) is 16.4. The van der Waals surface area contributed by atoms with Crippen molar-refractivity contribution < 1.29 is 9.59 Å². The molecule has 1 N–H and O–H groups in total. The van der Waals surface area contributed by atoms with Gasteiger partial charge in [-0.3, -0.25) is 14.5 Å². The minimum Gasteiger partial charge on any atom is -0.348 e. The highest BCUT2D eigenvalue weighted by atomic mass is 16.2. The normalized spacial score (nSPS) is 22.3. The third kappa shape index (κ3) is 4.76. The Kier molecular flexibility index (Phi) is 7.00. The van der Waals surface area contributed by atoms with Crippen LogP contribution in [-0.2, 0) is 11.2 Å². The molecule has 2 amide bonds. The number of benzene rings is 2. The number of fused-ring (bicyclic) bond motifs is 1. The summed E-state index contributed by atoms with van der Waals surface area (Å²) in [7, 11) is 0. The number of nitrogens with zero attached hydrogens (tertiary/aromatic N) is 2. The molecule has 34 heavy (non-hydrogen) atoms. The van der Waals surface area contributed by atoms with Crippen LogP contribution in [0.15, 0.2) is 48.5 Å². The van der Waals surface area contributed by atoms with Crippen LogP contribution in [0.2, 0.25) is 0 Å². The van der Waals surface area contributed by atoms with Gasteiger partial charge in [0.05, 0.1) is 12.1 Å². The zero-order valence-electron chi connectivity index (χ0n) is 20.3. The number of hydrogen-bond donors (Lipinski definition) is 1. The van der Waals surface area contributed by atoms with Gasteiger partial charge in [0.1, 0.15) is 0 Å². The molecule has 2 unspecified atom stereocenters. The molecule has 0 spiro atoms. The maximum Gasteiger partial charge on any atom is 0.254 e. The zero-order valence-corrected chi connectivity index (χ0v) is 20.3. The van der Waals surface area contributed by atoms with Crippen LogP contribution in [-0.4, -0.2) is 53.8 Å². The molecule has 5 heteroatoms. The van der Waals surface area contributed by atoms with E-state index < -0.39 is 0 Å². The molecule has 0 bridgehead atoms. The summed E-state index contributed by atoms with van der Waals surface area (Å²) in [5, 5.41) is 3.46. The van der Waals surface area contributed by atoms with Gasteiger partial charge in [0.15, 0.2) is 0 Å². The van der Waals surface area contributed by atoms with Gasteiger partial charge >= 0.3 is 0 Å². The van der Waals surface area contributed by atoms with E-state index in [0.717, 1.165) is 56.3 Å². The summed E-state index contributed by atoms with van der Waals surface area (Å²) >= 11 is 0. The predicted molar refractivity (Wildman–Crippen MR) is 135 cm³/mol. The van der Waals surface area contributed by atoms with Gasteiger partial charge in [0.25, 0.3) is 5.91 Å². The molecule has 3 aliphatic rings. The van der Waals surface area contributed by atoms with Crippen LogP contribution in [0.3, 0.4) is 0 Å². The van der Waals surface area contributed by atoms with Crippen LogP contribution in [0.4, 0.5) is 0 Å². The molecule has 2 atom stereocenters. The second kappa shape index (κ2) is 10.3. The third-order valence-electron chi connectivity index (χ3n) is 8.17. The molecular weight excluding hydrogens is 422 g/mol. The average Bonchev–Trinajstić information content (AvgIpc) is 3.39. The number of nitrogens with one attached hydrogen (secondary N) is 1. The molecule has 5 rings (SSSR count). The number of piperazine rings is 1.